The highest BCUT2D eigenvalue weighted by Gasteiger charge is 2.19. The van der Waals surface area contributed by atoms with Crippen LogP contribution in [0.4, 0.5) is 5.13 Å². The highest BCUT2D eigenvalue weighted by molar-refractivity contribution is 7.17. The predicted molar refractivity (Wildman–Crippen MR) is 65.1 cm³/mol. The zero-order chi connectivity index (χ0) is 11.4. The summed E-state index contributed by atoms with van der Waals surface area (Å²) in [6, 6.07) is 0. The third-order valence-electron chi connectivity index (χ3n) is 2.45. The van der Waals surface area contributed by atoms with Gasteiger partial charge in [0.15, 0.2) is 5.13 Å². The van der Waals surface area contributed by atoms with Gasteiger partial charge in [0.05, 0.1) is 6.20 Å². The number of rotatable bonds is 3. The molecule has 2 N–H and O–H groups in total. The smallest absolute Gasteiger partial charge is 0.265 e. The number of piperazine rings is 1. The molecule has 16 heavy (non-hydrogen) atoms. The molecular weight excluding hydrogens is 224 g/mol. The molecule has 2 rings (SSSR count). The molecule has 5 nitrogen and oxygen atoms in total. The van der Waals surface area contributed by atoms with Gasteiger partial charge in [0.1, 0.15) is 4.88 Å². The van der Waals surface area contributed by atoms with Gasteiger partial charge in [-0.15, -0.1) is 0 Å². The van der Waals surface area contributed by atoms with Crippen LogP contribution in [0.25, 0.3) is 0 Å². The lowest BCUT2D eigenvalue weighted by atomic mass is 10.3. The molecule has 1 aromatic heterocycles. The van der Waals surface area contributed by atoms with Gasteiger partial charge in [-0.25, -0.2) is 4.98 Å². The van der Waals surface area contributed by atoms with E-state index in [1.807, 2.05) is 11.8 Å². The summed E-state index contributed by atoms with van der Waals surface area (Å²) in [6.07, 6.45) is 1.66. The van der Waals surface area contributed by atoms with E-state index < -0.39 is 0 Å². The standard InChI is InChI=1S/C10H16N4OS/c1-2-12-10-13-7-8(16-10)9(15)14-5-3-11-4-6-14/h7,11H,2-6H2,1H3,(H,12,13). The molecule has 1 fully saturated rings. The van der Waals surface area contributed by atoms with Crippen LogP contribution in [-0.2, 0) is 0 Å². The van der Waals surface area contributed by atoms with Crippen molar-refractivity contribution in [1.29, 1.82) is 0 Å². The Balaban J connectivity index is 2.01. The summed E-state index contributed by atoms with van der Waals surface area (Å²) < 4.78 is 0. The van der Waals surface area contributed by atoms with E-state index in [0.717, 1.165) is 42.7 Å². The summed E-state index contributed by atoms with van der Waals surface area (Å²) in [5, 5.41) is 7.16. The highest BCUT2D eigenvalue weighted by Crippen LogP contribution is 2.19. The Morgan fingerprint density at radius 2 is 2.38 bits per heavy atom. The second-order valence-electron chi connectivity index (χ2n) is 3.60. The zero-order valence-electron chi connectivity index (χ0n) is 9.32. The topological polar surface area (TPSA) is 57.3 Å². The van der Waals surface area contributed by atoms with Crippen molar-refractivity contribution in [2.45, 2.75) is 6.92 Å². The van der Waals surface area contributed by atoms with Crippen molar-refractivity contribution in [1.82, 2.24) is 15.2 Å². The molecule has 6 heteroatoms. The lowest BCUT2D eigenvalue weighted by Gasteiger charge is -2.26. The Labute approximate surface area is 98.9 Å². The van der Waals surface area contributed by atoms with E-state index in [-0.39, 0.29) is 5.91 Å². The summed E-state index contributed by atoms with van der Waals surface area (Å²) >= 11 is 1.43. The van der Waals surface area contributed by atoms with Crippen molar-refractivity contribution in [2.75, 3.05) is 38.0 Å². The van der Waals surface area contributed by atoms with Gasteiger partial charge in [0.25, 0.3) is 5.91 Å². The predicted octanol–water partition coefficient (Wildman–Crippen LogP) is 0.620. The van der Waals surface area contributed by atoms with Gasteiger partial charge < -0.3 is 15.5 Å². The highest BCUT2D eigenvalue weighted by atomic mass is 32.1. The first-order valence-electron chi connectivity index (χ1n) is 5.51. The van der Waals surface area contributed by atoms with Gasteiger partial charge in [-0.3, -0.25) is 4.79 Å². The molecule has 1 aliphatic heterocycles. The Bertz CT molecular complexity index is 359. The maximum absolute atomic E-state index is 12.1. The Morgan fingerprint density at radius 1 is 1.62 bits per heavy atom. The fraction of sp³-hybridized carbons (Fsp3) is 0.600. The molecular formula is C10H16N4OS. The number of hydrogen-bond acceptors (Lipinski definition) is 5. The second-order valence-corrected chi connectivity index (χ2v) is 4.63. The number of amides is 1. The zero-order valence-corrected chi connectivity index (χ0v) is 10.1. The van der Waals surface area contributed by atoms with Crippen LogP contribution >= 0.6 is 11.3 Å². The normalized spacial score (nSPS) is 16.2. The third kappa shape index (κ3) is 2.51. The van der Waals surface area contributed by atoms with Crippen molar-refractivity contribution >= 4 is 22.4 Å². The summed E-state index contributed by atoms with van der Waals surface area (Å²) in [5.41, 5.74) is 0. The number of carbonyl (C=O) groups excluding carboxylic acids is 1. The van der Waals surface area contributed by atoms with Crippen LogP contribution in [-0.4, -0.2) is 48.5 Å². The number of aromatic nitrogens is 1. The van der Waals surface area contributed by atoms with Crippen LogP contribution in [0, 0.1) is 0 Å². The lowest BCUT2D eigenvalue weighted by molar-refractivity contribution is 0.0740. The summed E-state index contributed by atoms with van der Waals surface area (Å²) in [4.78, 5) is 18.8. The molecule has 0 atom stereocenters. The Kier molecular flexibility index (Phi) is 3.74. The van der Waals surface area contributed by atoms with E-state index in [1.165, 1.54) is 11.3 Å². The van der Waals surface area contributed by atoms with Crippen LogP contribution in [0.15, 0.2) is 6.20 Å². The molecule has 88 valence electrons. The second kappa shape index (κ2) is 5.27. The maximum atomic E-state index is 12.1. The fourth-order valence-corrected chi connectivity index (χ4v) is 2.48. The van der Waals surface area contributed by atoms with Crippen LogP contribution in [0.3, 0.4) is 0 Å². The monoisotopic (exact) mass is 240 g/mol. The molecule has 0 aromatic carbocycles. The first kappa shape index (κ1) is 11.3. The number of anilines is 1. The van der Waals surface area contributed by atoms with Gasteiger partial charge in [0, 0.05) is 32.7 Å². The molecule has 1 saturated heterocycles. The van der Waals surface area contributed by atoms with Crippen LogP contribution in [0.5, 0.6) is 0 Å². The minimum atomic E-state index is 0.100. The van der Waals surface area contributed by atoms with Crippen molar-refractivity contribution in [2.24, 2.45) is 0 Å². The first-order chi connectivity index (χ1) is 7.81. The number of nitrogens with one attached hydrogen (secondary N) is 2. The van der Waals surface area contributed by atoms with Crippen molar-refractivity contribution < 1.29 is 4.79 Å². The van der Waals surface area contributed by atoms with Gasteiger partial charge in [-0.2, -0.15) is 0 Å². The Morgan fingerprint density at radius 3 is 3.06 bits per heavy atom. The van der Waals surface area contributed by atoms with Crippen LogP contribution < -0.4 is 10.6 Å². The van der Waals surface area contributed by atoms with E-state index >= 15 is 0 Å². The van der Waals surface area contributed by atoms with E-state index in [4.69, 9.17) is 0 Å². The van der Waals surface area contributed by atoms with E-state index in [1.54, 1.807) is 6.20 Å². The van der Waals surface area contributed by atoms with Crippen LogP contribution in [0.1, 0.15) is 16.6 Å². The molecule has 1 amide bonds. The third-order valence-corrected chi connectivity index (χ3v) is 3.39. The molecule has 0 saturated carbocycles. The molecule has 1 aromatic rings. The average Bonchev–Trinajstić information content (AvgIpc) is 2.78. The number of thiazole rings is 1. The summed E-state index contributed by atoms with van der Waals surface area (Å²) in [7, 11) is 0. The molecule has 2 heterocycles. The van der Waals surface area contributed by atoms with Gasteiger partial charge in [0.2, 0.25) is 0 Å². The number of nitrogens with zero attached hydrogens (tertiary/aromatic N) is 2. The van der Waals surface area contributed by atoms with Gasteiger partial charge in [-0.1, -0.05) is 11.3 Å². The Hall–Kier alpha value is -1.14. The SMILES string of the molecule is CCNc1ncc(C(=O)N2CCNCC2)s1. The minimum Gasteiger partial charge on any atom is -0.362 e. The maximum Gasteiger partial charge on any atom is 0.265 e. The van der Waals surface area contributed by atoms with Gasteiger partial charge >= 0.3 is 0 Å². The molecule has 0 aliphatic carbocycles. The van der Waals surface area contributed by atoms with Gasteiger partial charge in [-0.05, 0) is 6.92 Å². The molecule has 0 spiro atoms. The van der Waals surface area contributed by atoms with E-state index in [9.17, 15) is 4.79 Å². The van der Waals surface area contributed by atoms with Crippen molar-refractivity contribution in [3.63, 3.8) is 0 Å². The molecule has 0 radical (unpaired) electrons. The van der Waals surface area contributed by atoms with E-state index in [0.29, 0.717) is 0 Å². The molecule has 0 bridgehead atoms. The van der Waals surface area contributed by atoms with Crippen molar-refractivity contribution in [3.8, 4) is 0 Å². The summed E-state index contributed by atoms with van der Waals surface area (Å²) in [5.74, 6) is 0.100. The number of hydrogen-bond donors (Lipinski definition) is 2. The first-order valence-corrected chi connectivity index (χ1v) is 6.32. The average molecular weight is 240 g/mol. The molecule has 1 aliphatic rings. The van der Waals surface area contributed by atoms with Crippen LogP contribution in [0.2, 0.25) is 0 Å². The quantitative estimate of drug-likeness (QED) is 0.813. The van der Waals surface area contributed by atoms with Crippen molar-refractivity contribution in [3.05, 3.63) is 11.1 Å². The largest absolute Gasteiger partial charge is 0.362 e. The summed E-state index contributed by atoms with van der Waals surface area (Å²) in [6.45, 7) is 6.17. The van der Waals surface area contributed by atoms with E-state index in [2.05, 4.69) is 15.6 Å². The lowest BCUT2D eigenvalue weighted by Crippen LogP contribution is -2.46. The molecule has 0 unspecified atom stereocenters. The number of carbonyl (C=O) groups is 1. The fourth-order valence-electron chi connectivity index (χ4n) is 1.63. The minimum absolute atomic E-state index is 0.100.